The highest BCUT2D eigenvalue weighted by Gasteiger charge is 2.21. The number of hydrogen-bond acceptors (Lipinski definition) is 5. The van der Waals surface area contributed by atoms with Crippen LogP contribution < -0.4 is 0 Å². The predicted molar refractivity (Wildman–Crippen MR) is 61.2 cm³/mol. The zero-order valence-corrected chi connectivity index (χ0v) is 9.62. The number of esters is 1. The highest BCUT2D eigenvalue weighted by Crippen LogP contribution is 2.12. The van der Waals surface area contributed by atoms with Crippen LogP contribution in [0.25, 0.3) is 5.52 Å². The molecule has 0 spiro atoms. The van der Waals surface area contributed by atoms with Gasteiger partial charge in [-0.05, 0) is 12.1 Å². The molecule has 0 amide bonds. The minimum absolute atomic E-state index is 0.313. The molecule has 0 fully saturated rings. The van der Waals surface area contributed by atoms with Crippen molar-refractivity contribution >= 4 is 23.1 Å². The molecule has 0 saturated heterocycles. The second-order valence-electron chi connectivity index (χ2n) is 3.60. The first-order valence-electron chi connectivity index (χ1n) is 5.20. The molecule has 0 aliphatic carbocycles. The van der Waals surface area contributed by atoms with Crippen molar-refractivity contribution in [3.05, 3.63) is 36.2 Å². The van der Waals surface area contributed by atoms with Gasteiger partial charge in [-0.15, -0.1) is 0 Å². The smallest absolute Gasteiger partial charge is 0.374 e. The van der Waals surface area contributed by atoms with Gasteiger partial charge in [0.05, 0.1) is 30.8 Å². The Balaban J connectivity index is 2.24. The van der Waals surface area contributed by atoms with Crippen LogP contribution >= 0.6 is 0 Å². The van der Waals surface area contributed by atoms with E-state index in [0.717, 1.165) is 7.11 Å². The number of Topliss-reactive ketones (excluding diaryl/α,β-unsaturated/α-hetero) is 2. The molecule has 2 aromatic rings. The third-order valence-electron chi connectivity index (χ3n) is 2.46. The van der Waals surface area contributed by atoms with Gasteiger partial charge in [0.2, 0.25) is 5.78 Å². The third kappa shape index (κ3) is 2.13. The molecule has 6 heteroatoms. The molecule has 92 valence electrons. The molecule has 0 aliphatic rings. The number of nitrogens with zero attached hydrogens (tertiary/aromatic N) is 2. The Bertz CT molecular complexity index is 630. The first-order valence-corrected chi connectivity index (χ1v) is 5.20. The summed E-state index contributed by atoms with van der Waals surface area (Å²) in [6.07, 6.45) is 2.55. The van der Waals surface area contributed by atoms with E-state index < -0.39 is 24.0 Å². The maximum atomic E-state index is 11.9. The molecule has 0 atom stereocenters. The summed E-state index contributed by atoms with van der Waals surface area (Å²) in [7, 11) is 1.10. The fourth-order valence-electron chi connectivity index (χ4n) is 1.58. The summed E-state index contributed by atoms with van der Waals surface area (Å²) in [6.45, 7) is 0. The summed E-state index contributed by atoms with van der Waals surface area (Å²) in [5.74, 6) is -2.33. The molecular formula is C12H10N2O4. The van der Waals surface area contributed by atoms with Crippen molar-refractivity contribution in [2.75, 3.05) is 7.11 Å². The van der Waals surface area contributed by atoms with Crippen LogP contribution in [-0.2, 0) is 14.3 Å². The molecule has 0 unspecified atom stereocenters. The molecule has 0 saturated carbocycles. The zero-order valence-electron chi connectivity index (χ0n) is 9.62. The van der Waals surface area contributed by atoms with Crippen LogP contribution in [0.5, 0.6) is 0 Å². The van der Waals surface area contributed by atoms with E-state index in [4.69, 9.17) is 0 Å². The van der Waals surface area contributed by atoms with Crippen molar-refractivity contribution < 1.29 is 19.1 Å². The molecule has 18 heavy (non-hydrogen) atoms. The fraction of sp³-hybridized carbons (Fsp3) is 0.167. The van der Waals surface area contributed by atoms with E-state index in [-0.39, 0.29) is 0 Å². The van der Waals surface area contributed by atoms with E-state index >= 15 is 0 Å². The number of pyridine rings is 1. The normalized spacial score (nSPS) is 10.3. The Hall–Kier alpha value is -2.50. The van der Waals surface area contributed by atoms with Crippen LogP contribution in [0.2, 0.25) is 0 Å². The van der Waals surface area contributed by atoms with E-state index in [2.05, 4.69) is 9.84 Å². The molecule has 2 aromatic heterocycles. The molecule has 0 N–H and O–H groups in total. The van der Waals surface area contributed by atoms with Crippen LogP contribution in [0.3, 0.4) is 0 Å². The van der Waals surface area contributed by atoms with Gasteiger partial charge in [-0.3, -0.25) is 9.59 Å². The van der Waals surface area contributed by atoms with Gasteiger partial charge in [-0.2, -0.15) is 5.10 Å². The quantitative estimate of drug-likeness (QED) is 0.342. The average Bonchev–Trinajstić information content (AvgIpc) is 2.81. The predicted octanol–water partition coefficient (Wildman–Crippen LogP) is 0.649. The van der Waals surface area contributed by atoms with Crippen molar-refractivity contribution in [2.45, 2.75) is 6.42 Å². The lowest BCUT2D eigenvalue weighted by Crippen LogP contribution is -2.19. The topological polar surface area (TPSA) is 77.7 Å². The Kier molecular flexibility index (Phi) is 3.18. The van der Waals surface area contributed by atoms with Gasteiger partial charge in [0.1, 0.15) is 0 Å². The van der Waals surface area contributed by atoms with Crippen LogP contribution in [-0.4, -0.2) is 34.3 Å². The SMILES string of the molecule is COC(=O)C(=O)CC(=O)c1cnn2ccccc12. The molecular weight excluding hydrogens is 236 g/mol. The van der Waals surface area contributed by atoms with Gasteiger partial charge in [-0.1, -0.05) is 6.07 Å². The van der Waals surface area contributed by atoms with Gasteiger partial charge >= 0.3 is 5.97 Å². The van der Waals surface area contributed by atoms with Crippen LogP contribution in [0, 0.1) is 0 Å². The second kappa shape index (κ2) is 4.79. The summed E-state index contributed by atoms with van der Waals surface area (Å²) in [5.41, 5.74) is 0.910. The minimum Gasteiger partial charge on any atom is -0.463 e. The number of hydrogen-bond donors (Lipinski definition) is 0. The highest BCUT2D eigenvalue weighted by atomic mass is 16.5. The lowest BCUT2D eigenvalue weighted by molar-refractivity contribution is -0.151. The highest BCUT2D eigenvalue weighted by molar-refractivity contribution is 6.38. The number of ketones is 2. The molecule has 0 aliphatic heterocycles. The molecule has 6 nitrogen and oxygen atoms in total. The van der Waals surface area contributed by atoms with Crippen LogP contribution in [0.1, 0.15) is 16.8 Å². The number of ether oxygens (including phenoxy) is 1. The lowest BCUT2D eigenvalue weighted by Gasteiger charge is -1.98. The molecule has 0 aromatic carbocycles. The van der Waals surface area contributed by atoms with Crippen LogP contribution in [0.4, 0.5) is 0 Å². The van der Waals surface area contributed by atoms with E-state index in [9.17, 15) is 14.4 Å². The number of methoxy groups -OCH3 is 1. The van der Waals surface area contributed by atoms with Gasteiger partial charge in [0.15, 0.2) is 5.78 Å². The summed E-state index contributed by atoms with van der Waals surface area (Å²) >= 11 is 0. The van der Waals surface area contributed by atoms with Crippen molar-refractivity contribution in [1.82, 2.24) is 9.61 Å². The zero-order chi connectivity index (χ0) is 13.1. The third-order valence-corrected chi connectivity index (χ3v) is 2.46. The van der Waals surface area contributed by atoms with E-state index in [0.29, 0.717) is 11.1 Å². The van der Waals surface area contributed by atoms with Gasteiger partial charge in [0.25, 0.3) is 0 Å². The summed E-state index contributed by atoms with van der Waals surface area (Å²) < 4.78 is 5.78. The molecule has 2 rings (SSSR count). The summed E-state index contributed by atoms with van der Waals surface area (Å²) in [4.78, 5) is 34.1. The van der Waals surface area contributed by atoms with Gasteiger partial charge in [-0.25, -0.2) is 9.31 Å². The maximum absolute atomic E-state index is 11.9. The minimum atomic E-state index is -1.01. The standard InChI is InChI=1S/C12H10N2O4/c1-18-12(17)11(16)6-10(15)8-7-13-14-5-3-2-4-9(8)14/h2-5,7H,6H2,1H3. The number of rotatable bonds is 4. The fourth-order valence-corrected chi connectivity index (χ4v) is 1.58. The van der Waals surface area contributed by atoms with Gasteiger partial charge in [0, 0.05) is 6.20 Å². The Morgan fingerprint density at radius 3 is 2.83 bits per heavy atom. The molecule has 0 radical (unpaired) electrons. The Morgan fingerprint density at radius 1 is 1.33 bits per heavy atom. The van der Waals surface area contributed by atoms with Crippen molar-refractivity contribution in [3.63, 3.8) is 0 Å². The van der Waals surface area contributed by atoms with E-state index in [1.165, 1.54) is 10.7 Å². The maximum Gasteiger partial charge on any atom is 0.374 e. The number of aromatic nitrogens is 2. The first kappa shape index (κ1) is 12.0. The van der Waals surface area contributed by atoms with Gasteiger partial charge < -0.3 is 4.74 Å². The molecule has 2 heterocycles. The second-order valence-corrected chi connectivity index (χ2v) is 3.60. The molecule has 0 bridgehead atoms. The lowest BCUT2D eigenvalue weighted by atomic mass is 10.1. The summed E-state index contributed by atoms with van der Waals surface area (Å²) in [6, 6.07) is 5.24. The number of carbonyl (C=O) groups excluding carboxylic acids is 3. The first-order chi connectivity index (χ1) is 8.63. The average molecular weight is 246 g/mol. The van der Waals surface area contributed by atoms with Crippen molar-refractivity contribution in [3.8, 4) is 0 Å². The Morgan fingerprint density at radius 2 is 2.11 bits per heavy atom. The Labute approximate surface area is 102 Å². The monoisotopic (exact) mass is 246 g/mol. The van der Waals surface area contributed by atoms with Crippen molar-refractivity contribution in [2.24, 2.45) is 0 Å². The van der Waals surface area contributed by atoms with E-state index in [1.807, 2.05) is 0 Å². The van der Waals surface area contributed by atoms with E-state index in [1.54, 1.807) is 24.4 Å². The number of fused-ring (bicyclic) bond motifs is 1. The van der Waals surface area contributed by atoms with Crippen molar-refractivity contribution in [1.29, 1.82) is 0 Å². The summed E-state index contributed by atoms with van der Waals surface area (Å²) in [5, 5.41) is 3.98. The largest absolute Gasteiger partial charge is 0.463 e. The van der Waals surface area contributed by atoms with Crippen LogP contribution in [0.15, 0.2) is 30.6 Å². The number of carbonyl (C=O) groups is 3.